The van der Waals surface area contributed by atoms with Crippen LogP contribution in [0.25, 0.3) is 17.0 Å². The van der Waals surface area contributed by atoms with Crippen LogP contribution in [0.4, 0.5) is 0 Å². The van der Waals surface area contributed by atoms with Crippen molar-refractivity contribution in [1.82, 2.24) is 14.5 Å². The summed E-state index contributed by atoms with van der Waals surface area (Å²) in [6, 6.07) is 9.69. The fourth-order valence-corrected chi connectivity index (χ4v) is 2.35. The second-order valence-corrected chi connectivity index (χ2v) is 5.09. The summed E-state index contributed by atoms with van der Waals surface area (Å²) in [7, 11) is 0. The molecular weight excluding hydrogens is 290 g/mol. The molecule has 0 N–H and O–H groups in total. The van der Waals surface area contributed by atoms with Gasteiger partial charge in [-0.1, -0.05) is 18.2 Å². The molecule has 0 saturated heterocycles. The second kappa shape index (κ2) is 6.87. The number of hydrogen-bond acceptors (Lipinski definition) is 4. The molecule has 5 heteroatoms. The Kier molecular flexibility index (Phi) is 4.47. The van der Waals surface area contributed by atoms with Gasteiger partial charge in [0.25, 0.3) is 0 Å². The average Bonchev–Trinajstić information content (AvgIpc) is 2.98. The van der Waals surface area contributed by atoms with E-state index in [1.807, 2.05) is 48.0 Å². The molecule has 0 spiro atoms. The molecule has 2 heterocycles. The third-order valence-electron chi connectivity index (χ3n) is 3.58. The van der Waals surface area contributed by atoms with E-state index in [-0.39, 0.29) is 5.97 Å². The third-order valence-corrected chi connectivity index (χ3v) is 3.58. The van der Waals surface area contributed by atoms with Crippen LogP contribution in [0, 0.1) is 6.92 Å². The number of fused-ring (bicyclic) bond motifs is 1. The molecule has 3 rings (SSSR count). The lowest BCUT2D eigenvalue weighted by atomic mass is 10.1. The van der Waals surface area contributed by atoms with Crippen LogP contribution in [0.3, 0.4) is 0 Å². The fourth-order valence-electron chi connectivity index (χ4n) is 2.35. The van der Waals surface area contributed by atoms with Crippen molar-refractivity contribution >= 4 is 22.9 Å². The molecular formula is C18H17N3O2. The molecule has 0 unspecified atom stereocenters. The van der Waals surface area contributed by atoms with Gasteiger partial charge >= 0.3 is 5.97 Å². The molecule has 0 aliphatic rings. The number of esters is 1. The number of hydrogen-bond donors (Lipinski definition) is 0. The van der Waals surface area contributed by atoms with Crippen molar-refractivity contribution in [3.63, 3.8) is 0 Å². The van der Waals surface area contributed by atoms with E-state index in [2.05, 4.69) is 9.97 Å². The van der Waals surface area contributed by atoms with Gasteiger partial charge in [0.1, 0.15) is 12.4 Å². The van der Waals surface area contributed by atoms with Crippen LogP contribution < -0.4 is 0 Å². The predicted molar refractivity (Wildman–Crippen MR) is 88.7 cm³/mol. The Bertz CT molecular complexity index is 847. The third kappa shape index (κ3) is 3.63. The first kappa shape index (κ1) is 15.0. The number of ether oxygens (including phenoxy) is 1. The topological polar surface area (TPSA) is 57.0 Å². The Morgan fingerprint density at radius 3 is 2.91 bits per heavy atom. The number of benzene rings is 1. The summed E-state index contributed by atoms with van der Waals surface area (Å²) in [5.74, 6) is 0.545. The first-order valence-corrected chi connectivity index (χ1v) is 7.40. The van der Waals surface area contributed by atoms with Crippen molar-refractivity contribution in [1.29, 1.82) is 0 Å². The van der Waals surface area contributed by atoms with E-state index >= 15 is 0 Å². The number of pyridine rings is 1. The Hall–Kier alpha value is -2.95. The number of imidazole rings is 1. The maximum atomic E-state index is 11.8. The average molecular weight is 307 g/mol. The number of para-hydroxylation sites is 1. The minimum absolute atomic E-state index is 0.317. The van der Waals surface area contributed by atoms with Crippen molar-refractivity contribution < 1.29 is 9.53 Å². The molecule has 0 bridgehead atoms. The zero-order valence-corrected chi connectivity index (χ0v) is 12.8. The number of aromatic nitrogens is 3. The van der Waals surface area contributed by atoms with Gasteiger partial charge in [-0.25, -0.2) is 9.78 Å². The molecule has 116 valence electrons. The lowest BCUT2D eigenvalue weighted by Gasteiger charge is -2.05. The van der Waals surface area contributed by atoms with E-state index < -0.39 is 0 Å². The van der Waals surface area contributed by atoms with Gasteiger partial charge in [0.05, 0.1) is 12.1 Å². The standard InChI is InChI=1S/C18H17N3O2/c1-14-19-10-11-21(14)12-13-23-18(22)7-6-15-8-9-20-17-5-3-2-4-16(15)17/h2-11H,12-13H2,1H3/b7-6+. The first-order chi connectivity index (χ1) is 11.2. The van der Waals surface area contributed by atoms with Crippen molar-refractivity contribution in [2.75, 3.05) is 6.61 Å². The highest BCUT2D eigenvalue weighted by Gasteiger charge is 2.02. The SMILES string of the molecule is Cc1nccn1CCOC(=O)/C=C/c1ccnc2ccccc12. The van der Waals surface area contributed by atoms with E-state index in [1.165, 1.54) is 6.08 Å². The molecule has 3 aromatic rings. The summed E-state index contributed by atoms with van der Waals surface area (Å²) >= 11 is 0. The van der Waals surface area contributed by atoms with Gasteiger partial charge in [0, 0.05) is 30.1 Å². The van der Waals surface area contributed by atoms with E-state index in [0.29, 0.717) is 13.2 Å². The summed E-state index contributed by atoms with van der Waals surface area (Å²) < 4.78 is 7.15. The van der Waals surface area contributed by atoms with Gasteiger partial charge in [-0.05, 0) is 30.7 Å². The number of carbonyl (C=O) groups is 1. The van der Waals surface area contributed by atoms with E-state index in [9.17, 15) is 4.79 Å². The van der Waals surface area contributed by atoms with Crippen LogP contribution in [0.5, 0.6) is 0 Å². The first-order valence-electron chi connectivity index (χ1n) is 7.40. The second-order valence-electron chi connectivity index (χ2n) is 5.09. The molecule has 0 radical (unpaired) electrons. The molecule has 2 aromatic heterocycles. The van der Waals surface area contributed by atoms with Crippen LogP contribution >= 0.6 is 0 Å². The van der Waals surface area contributed by atoms with Crippen LogP contribution in [0.1, 0.15) is 11.4 Å². The number of aryl methyl sites for hydroxylation is 1. The number of rotatable bonds is 5. The van der Waals surface area contributed by atoms with Crippen molar-refractivity contribution in [3.05, 3.63) is 66.4 Å². The summed E-state index contributed by atoms with van der Waals surface area (Å²) in [6.45, 7) is 2.83. The van der Waals surface area contributed by atoms with Gasteiger partial charge in [0.2, 0.25) is 0 Å². The number of carbonyl (C=O) groups excluding carboxylic acids is 1. The molecule has 0 amide bonds. The maximum absolute atomic E-state index is 11.8. The Labute approximate surface area is 134 Å². The monoisotopic (exact) mass is 307 g/mol. The zero-order chi connectivity index (χ0) is 16.1. The van der Waals surface area contributed by atoms with Gasteiger partial charge in [-0.2, -0.15) is 0 Å². The highest BCUT2D eigenvalue weighted by atomic mass is 16.5. The maximum Gasteiger partial charge on any atom is 0.330 e. The fraction of sp³-hybridized carbons (Fsp3) is 0.167. The van der Waals surface area contributed by atoms with E-state index in [4.69, 9.17) is 4.74 Å². The Balaban J connectivity index is 1.60. The Morgan fingerprint density at radius 1 is 1.22 bits per heavy atom. The molecule has 0 aliphatic carbocycles. The van der Waals surface area contributed by atoms with Crippen molar-refractivity contribution in [2.24, 2.45) is 0 Å². The lowest BCUT2D eigenvalue weighted by molar-refractivity contribution is -0.137. The molecule has 0 fully saturated rings. The lowest BCUT2D eigenvalue weighted by Crippen LogP contribution is -2.10. The summed E-state index contributed by atoms with van der Waals surface area (Å²) in [5.41, 5.74) is 1.84. The molecule has 23 heavy (non-hydrogen) atoms. The molecule has 0 aliphatic heterocycles. The van der Waals surface area contributed by atoms with Crippen LogP contribution in [-0.4, -0.2) is 27.1 Å². The normalized spacial score (nSPS) is 11.2. The van der Waals surface area contributed by atoms with Gasteiger partial charge < -0.3 is 9.30 Å². The van der Waals surface area contributed by atoms with E-state index in [0.717, 1.165) is 22.3 Å². The molecule has 5 nitrogen and oxygen atoms in total. The molecule has 0 saturated carbocycles. The van der Waals surface area contributed by atoms with Crippen molar-refractivity contribution in [3.8, 4) is 0 Å². The van der Waals surface area contributed by atoms with Crippen LogP contribution in [0.15, 0.2) is 55.0 Å². The minimum atomic E-state index is -0.358. The summed E-state index contributed by atoms with van der Waals surface area (Å²) in [4.78, 5) is 20.2. The largest absolute Gasteiger partial charge is 0.461 e. The summed E-state index contributed by atoms with van der Waals surface area (Å²) in [6.07, 6.45) is 8.53. The zero-order valence-electron chi connectivity index (χ0n) is 12.8. The van der Waals surface area contributed by atoms with Crippen LogP contribution in [0.2, 0.25) is 0 Å². The molecule has 0 atom stereocenters. The predicted octanol–water partition coefficient (Wildman–Crippen LogP) is 3.00. The quantitative estimate of drug-likeness (QED) is 0.537. The highest BCUT2D eigenvalue weighted by Crippen LogP contribution is 2.17. The van der Waals surface area contributed by atoms with Gasteiger partial charge in [-0.15, -0.1) is 0 Å². The minimum Gasteiger partial charge on any atom is -0.461 e. The molecule has 1 aromatic carbocycles. The van der Waals surface area contributed by atoms with Crippen molar-refractivity contribution in [2.45, 2.75) is 13.5 Å². The number of nitrogens with zero attached hydrogens (tertiary/aromatic N) is 3. The summed E-state index contributed by atoms with van der Waals surface area (Å²) in [5, 5.41) is 1.01. The Morgan fingerprint density at radius 2 is 2.09 bits per heavy atom. The van der Waals surface area contributed by atoms with E-state index in [1.54, 1.807) is 18.5 Å². The highest BCUT2D eigenvalue weighted by molar-refractivity contribution is 5.93. The van der Waals surface area contributed by atoms with Gasteiger partial charge in [0.15, 0.2) is 0 Å². The van der Waals surface area contributed by atoms with Crippen LogP contribution in [-0.2, 0) is 16.1 Å². The smallest absolute Gasteiger partial charge is 0.330 e. The van der Waals surface area contributed by atoms with Gasteiger partial charge in [-0.3, -0.25) is 4.98 Å².